The lowest BCUT2D eigenvalue weighted by atomic mass is 9.88. The van der Waals surface area contributed by atoms with Crippen LogP contribution in [0.3, 0.4) is 0 Å². The Morgan fingerprint density at radius 2 is 1.45 bits per heavy atom. The van der Waals surface area contributed by atoms with E-state index in [0.717, 1.165) is 13.0 Å². The molecule has 3 aromatic carbocycles. The number of morpholine rings is 1. The first-order valence-electron chi connectivity index (χ1n) is 11.8. The van der Waals surface area contributed by atoms with Crippen LogP contribution in [-0.2, 0) is 22.5 Å². The molecule has 0 saturated carbocycles. The zero-order valence-corrected chi connectivity index (χ0v) is 18.9. The average Bonchev–Trinajstić information content (AvgIpc) is 3.24. The molecule has 0 bridgehead atoms. The van der Waals surface area contributed by atoms with Crippen molar-refractivity contribution in [3.8, 4) is 0 Å². The summed E-state index contributed by atoms with van der Waals surface area (Å²) < 4.78 is 7.79. The minimum absolute atomic E-state index is 0.115. The Bertz CT molecular complexity index is 1190. The van der Waals surface area contributed by atoms with E-state index in [4.69, 9.17) is 4.74 Å². The van der Waals surface area contributed by atoms with Crippen LogP contribution in [0.1, 0.15) is 29.0 Å². The Morgan fingerprint density at radius 1 is 0.818 bits per heavy atom. The van der Waals surface area contributed by atoms with Crippen LogP contribution in [0.25, 0.3) is 10.9 Å². The summed E-state index contributed by atoms with van der Waals surface area (Å²) in [5, 5.41) is 1.24. The predicted octanol–water partition coefficient (Wildman–Crippen LogP) is 5.26. The van der Waals surface area contributed by atoms with E-state index in [1.807, 2.05) is 11.0 Å². The molecule has 0 N–H and O–H groups in total. The van der Waals surface area contributed by atoms with Crippen molar-refractivity contribution >= 4 is 16.8 Å². The molecule has 0 radical (unpaired) electrons. The zero-order valence-electron chi connectivity index (χ0n) is 18.9. The van der Waals surface area contributed by atoms with E-state index in [1.165, 1.54) is 27.6 Å². The summed E-state index contributed by atoms with van der Waals surface area (Å²) in [6.45, 7) is 3.45. The molecule has 1 unspecified atom stereocenters. The van der Waals surface area contributed by atoms with Gasteiger partial charge in [-0.05, 0) is 35.1 Å². The summed E-state index contributed by atoms with van der Waals surface area (Å²) in [6, 6.07) is 29.7. The van der Waals surface area contributed by atoms with Gasteiger partial charge in [0.15, 0.2) is 0 Å². The maximum absolute atomic E-state index is 13.3. The molecule has 1 aliphatic rings. The largest absolute Gasteiger partial charge is 0.378 e. The molecule has 1 atom stereocenters. The highest BCUT2D eigenvalue weighted by atomic mass is 16.5. The number of amides is 1. The van der Waals surface area contributed by atoms with Crippen LogP contribution in [-0.4, -0.2) is 41.7 Å². The third-order valence-corrected chi connectivity index (χ3v) is 6.56. The normalized spacial score (nSPS) is 15.0. The van der Waals surface area contributed by atoms with Crippen molar-refractivity contribution in [1.82, 2.24) is 9.47 Å². The molecule has 4 aromatic rings. The molecule has 1 amide bonds. The van der Waals surface area contributed by atoms with Crippen LogP contribution in [0.2, 0.25) is 0 Å². The molecular weight excluding hydrogens is 408 g/mol. The molecule has 1 fully saturated rings. The minimum atomic E-state index is 0.115. The fraction of sp³-hybridized carbons (Fsp3) is 0.276. The number of aromatic nitrogens is 1. The lowest BCUT2D eigenvalue weighted by molar-refractivity contribution is -0.135. The van der Waals surface area contributed by atoms with Crippen molar-refractivity contribution in [2.24, 2.45) is 0 Å². The second-order valence-electron chi connectivity index (χ2n) is 8.80. The molecule has 2 heterocycles. The van der Waals surface area contributed by atoms with Crippen molar-refractivity contribution in [1.29, 1.82) is 0 Å². The monoisotopic (exact) mass is 438 g/mol. The Hall–Kier alpha value is -3.37. The quantitative estimate of drug-likeness (QED) is 0.394. The van der Waals surface area contributed by atoms with E-state index in [1.54, 1.807) is 0 Å². The summed E-state index contributed by atoms with van der Waals surface area (Å²) in [6.07, 6.45) is 3.63. The predicted molar refractivity (Wildman–Crippen MR) is 132 cm³/mol. The van der Waals surface area contributed by atoms with Gasteiger partial charge >= 0.3 is 0 Å². The molecule has 4 nitrogen and oxygen atoms in total. The number of carbonyl (C=O) groups excluding carboxylic acids is 1. The van der Waals surface area contributed by atoms with Gasteiger partial charge in [-0.2, -0.15) is 0 Å². The molecule has 4 heteroatoms. The maximum atomic E-state index is 13.3. The number of benzene rings is 3. The topological polar surface area (TPSA) is 34.5 Å². The number of carbonyl (C=O) groups is 1. The Balaban J connectivity index is 1.50. The van der Waals surface area contributed by atoms with E-state index in [9.17, 15) is 4.79 Å². The van der Waals surface area contributed by atoms with Crippen LogP contribution in [0.5, 0.6) is 0 Å². The molecule has 33 heavy (non-hydrogen) atoms. The van der Waals surface area contributed by atoms with Crippen molar-refractivity contribution < 1.29 is 9.53 Å². The highest BCUT2D eigenvalue weighted by molar-refractivity contribution is 5.86. The highest BCUT2D eigenvalue weighted by Crippen LogP contribution is 2.33. The Labute approximate surface area is 195 Å². The van der Waals surface area contributed by atoms with Crippen LogP contribution in [0.4, 0.5) is 0 Å². The number of para-hydroxylation sites is 1. The van der Waals surface area contributed by atoms with Gasteiger partial charge in [0, 0.05) is 43.2 Å². The number of hydrogen-bond acceptors (Lipinski definition) is 2. The smallest absolute Gasteiger partial charge is 0.223 e. The van der Waals surface area contributed by atoms with Gasteiger partial charge in [0.25, 0.3) is 0 Å². The first-order valence-corrected chi connectivity index (χ1v) is 11.8. The SMILES string of the molecule is O=C(CC(Cc1ccccc1)c1cn(Cc2ccccc2)c2ccccc12)N1CCOCC1. The molecule has 0 aliphatic carbocycles. The first-order chi connectivity index (χ1) is 16.3. The van der Waals surface area contributed by atoms with Gasteiger partial charge in [-0.3, -0.25) is 4.79 Å². The van der Waals surface area contributed by atoms with Gasteiger partial charge in [-0.25, -0.2) is 0 Å². The van der Waals surface area contributed by atoms with Gasteiger partial charge in [-0.1, -0.05) is 78.9 Å². The second kappa shape index (κ2) is 10.1. The number of ether oxygens (including phenoxy) is 1. The number of rotatable bonds is 7. The highest BCUT2D eigenvalue weighted by Gasteiger charge is 2.25. The van der Waals surface area contributed by atoms with E-state index in [2.05, 4.69) is 89.6 Å². The van der Waals surface area contributed by atoms with E-state index >= 15 is 0 Å². The molecule has 1 aromatic heterocycles. The minimum Gasteiger partial charge on any atom is -0.378 e. The fourth-order valence-corrected chi connectivity index (χ4v) is 4.85. The lowest BCUT2D eigenvalue weighted by Crippen LogP contribution is -2.41. The Morgan fingerprint density at radius 3 is 2.18 bits per heavy atom. The summed E-state index contributed by atoms with van der Waals surface area (Å²) in [4.78, 5) is 15.2. The first kappa shape index (κ1) is 21.5. The summed E-state index contributed by atoms with van der Waals surface area (Å²) in [5.41, 5.74) is 5.01. The van der Waals surface area contributed by atoms with Crippen LogP contribution >= 0.6 is 0 Å². The van der Waals surface area contributed by atoms with Crippen molar-refractivity contribution in [2.45, 2.75) is 25.3 Å². The van der Waals surface area contributed by atoms with Crippen molar-refractivity contribution in [2.75, 3.05) is 26.3 Å². The third kappa shape index (κ3) is 5.01. The van der Waals surface area contributed by atoms with Gasteiger partial charge in [0.2, 0.25) is 5.91 Å². The number of nitrogens with zero attached hydrogens (tertiary/aromatic N) is 2. The van der Waals surface area contributed by atoms with Gasteiger partial charge in [0.05, 0.1) is 13.2 Å². The van der Waals surface area contributed by atoms with Crippen LogP contribution in [0, 0.1) is 0 Å². The third-order valence-electron chi connectivity index (χ3n) is 6.56. The van der Waals surface area contributed by atoms with E-state index in [-0.39, 0.29) is 11.8 Å². The lowest BCUT2D eigenvalue weighted by Gasteiger charge is -2.28. The molecule has 1 aliphatic heterocycles. The molecular formula is C29H30N2O2. The van der Waals surface area contributed by atoms with Crippen LogP contribution in [0.15, 0.2) is 91.1 Å². The van der Waals surface area contributed by atoms with Gasteiger partial charge in [-0.15, -0.1) is 0 Å². The van der Waals surface area contributed by atoms with Crippen molar-refractivity contribution in [3.63, 3.8) is 0 Å². The Kier molecular flexibility index (Phi) is 6.54. The average molecular weight is 439 g/mol. The second-order valence-corrected chi connectivity index (χ2v) is 8.80. The van der Waals surface area contributed by atoms with Crippen molar-refractivity contribution in [3.05, 3.63) is 108 Å². The molecule has 5 rings (SSSR count). The summed E-state index contributed by atoms with van der Waals surface area (Å²) in [7, 11) is 0. The van der Waals surface area contributed by atoms with Gasteiger partial charge < -0.3 is 14.2 Å². The zero-order chi connectivity index (χ0) is 22.5. The summed E-state index contributed by atoms with van der Waals surface area (Å²) in [5.74, 6) is 0.337. The number of hydrogen-bond donors (Lipinski definition) is 0. The van der Waals surface area contributed by atoms with E-state index < -0.39 is 0 Å². The molecule has 0 spiro atoms. The maximum Gasteiger partial charge on any atom is 0.223 e. The van der Waals surface area contributed by atoms with Gasteiger partial charge in [0.1, 0.15) is 0 Å². The molecule has 168 valence electrons. The van der Waals surface area contributed by atoms with Crippen LogP contribution < -0.4 is 0 Å². The van der Waals surface area contributed by atoms with E-state index in [0.29, 0.717) is 32.7 Å². The standard InChI is InChI=1S/C29H30N2O2/c32-29(30-15-17-33-18-16-30)20-25(19-23-9-3-1-4-10-23)27-22-31(21-24-11-5-2-6-12-24)28-14-8-7-13-26(27)28/h1-14,22,25H,15-21H2. The molecule has 1 saturated heterocycles. The summed E-state index contributed by atoms with van der Waals surface area (Å²) >= 11 is 0. The number of fused-ring (bicyclic) bond motifs is 1. The fourth-order valence-electron chi connectivity index (χ4n) is 4.85.